The van der Waals surface area contributed by atoms with Crippen LogP contribution < -0.4 is 5.32 Å². The first kappa shape index (κ1) is 13.7. The van der Waals surface area contributed by atoms with E-state index in [0.29, 0.717) is 13.1 Å². The molecule has 0 unspecified atom stereocenters. The molecule has 1 N–H and O–H groups in total. The number of carbonyl (C=O) groups excluding carboxylic acids is 1. The fraction of sp³-hybridized carbons (Fsp3) is 0.364. The second kappa shape index (κ2) is 4.76. The maximum absolute atomic E-state index is 13.4. The van der Waals surface area contributed by atoms with Gasteiger partial charge in [-0.05, 0) is 0 Å². The molecule has 1 aliphatic heterocycles. The van der Waals surface area contributed by atoms with Gasteiger partial charge in [-0.3, -0.25) is 4.79 Å². The van der Waals surface area contributed by atoms with Gasteiger partial charge in [-0.2, -0.15) is 0 Å². The fourth-order valence-electron chi connectivity index (χ4n) is 1.68. The Morgan fingerprint density at radius 1 is 1.00 bits per heavy atom. The van der Waals surface area contributed by atoms with Crippen LogP contribution in [0.5, 0.6) is 0 Å². The standard InChI is InChI=1S/C11H9F5N2O/c1-18(4-2-17-3-4)11(19)5-6(12)8(14)10(16)9(15)7(5)13/h4,17H,2-3H2,1H3. The third-order valence-corrected chi connectivity index (χ3v) is 3.05. The van der Waals surface area contributed by atoms with Crippen molar-refractivity contribution >= 4 is 5.91 Å². The second-order valence-corrected chi connectivity index (χ2v) is 4.17. The largest absolute Gasteiger partial charge is 0.336 e. The lowest BCUT2D eigenvalue weighted by atomic mass is 10.1. The highest BCUT2D eigenvalue weighted by molar-refractivity contribution is 5.95. The molecule has 0 aliphatic carbocycles. The fourth-order valence-corrected chi connectivity index (χ4v) is 1.68. The Morgan fingerprint density at radius 3 is 1.79 bits per heavy atom. The van der Waals surface area contributed by atoms with Crippen LogP contribution in [0, 0.1) is 29.1 Å². The molecular formula is C11H9F5N2O. The van der Waals surface area contributed by atoms with Crippen molar-refractivity contribution in [1.82, 2.24) is 10.2 Å². The molecule has 0 aromatic heterocycles. The molecule has 0 bridgehead atoms. The van der Waals surface area contributed by atoms with Crippen molar-refractivity contribution in [3.63, 3.8) is 0 Å². The Kier molecular flexibility index (Phi) is 3.44. The summed E-state index contributed by atoms with van der Waals surface area (Å²) < 4.78 is 65.6. The lowest BCUT2D eigenvalue weighted by Gasteiger charge is -2.35. The van der Waals surface area contributed by atoms with Gasteiger partial charge in [-0.15, -0.1) is 0 Å². The third kappa shape index (κ3) is 2.05. The molecule has 1 heterocycles. The predicted molar refractivity (Wildman–Crippen MR) is 55.0 cm³/mol. The van der Waals surface area contributed by atoms with Crippen LogP contribution in [0.4, 0.5) is 22.0 Å². The van der Waals surface area contributed by atoms with Gasteiger partial charge >= 0.3 is 0 Å². The van der Waals surface area contributed by atoms with Gasteiger partial charge < -0.3 is 10.2 Å². The number of hydrogen-bond acceptors (Lipinski definition) is 2. The number of rotatable bonds is 2. The first-order chi connectivity index (χ1) is 8.86. The number of likely N-dealkylation sites (N-methyl/N-ethyl adjacent to an activating group) is 1. The van der Waals surface area contributed by atoms with Crippen LogP contribution in [-0.2, 0) is 0 Å². The molecule has 1 aromatic carbocycles. The predicted octanol–water partition coefficient (Wildman–Crippen LogP) is 1.43. The van der Waals surface area contributed by atoms with E-state index in [2.05, 4.69) is 5.32 Å². The molecule has 1 fully saturated rings. The summed E-state index contributed by atoms with van der Waals surface area (Å²) in [5.74, 6) is -12.0. The lowest BCUT2D eigenvalue weighted by Crippen LogP contribution is -2.57. The quantitative estimate of drug-likeness (QED) is 0.505. The molecule has 0 radical (unpaired) electrons. The van der Waals surface area contributed by atoms with Gasteiger partial charge in [0.25, 0.3) is 5.91 Å². The molecule has 1 amide bonds. The van der Waals surface area contributed by atoms with Crippen molar-refractivity contribution in [3.8, 4) is 0 Å². The zero-order valence-corrected chi connectivity index (χ0v) is 9.74. The summed E-state index contributed by atoms with van der Waals surface area (Å²) in [6, 6.07) is -0.331. The highest BCUT2D eigenvalue weighted by Crippen LogP contribution is 2.24. The van der Waals surface area contributed by atoms with Crippen LogP contribution in [0.15, 0.2) is 0 Å². The molecule has 8 heteroatoms. The molecule has 104 valence electrons. The Labute approximate surface area is 105 Å². The maximum atomic E-state index is 13.4. The number of halogens is 5. The van der Waals surface area contributed by atoms with Crippen LogP contribution in [-0.4, -0.2) is 37.0 Å². The first-order valence-corrected chi connectivity index (χ1v) is 5.35. The molecule has 1 saturated heterocycles. The zero-order chi connectivity index (χ0) is 14.3. The third-order valence-electron chi connectivity index (χ3n) is 3.05. The minimum absolute atomic E-state index is 0.331. The first-order valence-electron chi connectivity index (χ1n) is 5.35. The zero-order valence-electron chi connectivity index (χ0n) is 9.74. The molecule has 2 rings (SSSR count). The van der Waals surface area contributed by atoms with Crippen LogP contribution in [0.3, 0.4) is 0 Å². The summed E-state index contributed by atoms with van der Waals surface area (Å²) in [6.07, 6.45) is 0. The molecular weight excluding hydrogens is 271 g/mol. The minimum Gasteiger partial charge on any atom is -0.336 e. The number of nitrogens with zero attached hydrogens (tertiary/aromatic N) is 1. The smallest absolute Gasteiger partial charge is 0.260 e. The second-order valence-electron chi connectivity index (χ2n) is 4.17. The van der Waals surface area contributed by atoms with Gasteiger partial charge in [-0.1, -0.05) is 0 Å². The van der Waals surface area contributed by atoms with Gasteiger partial charge in [-0.25, -0.2) is 22.0 Å². The topological polar surface area (TPSA) is 32.3 Å². The van der Waals surface area contributed by atoms with E-state index in [1.807, 2.05) is 0 Å². The van der Waals surface area contributed by atoms with Crippen molar-refractivity contribution in [2.75, 3.05) is 20.1 Å². The Bertz CT molecular complexity index is 515. The van der Waals surface area contributed by atoms with Crippen LogP contribution in [0.1, 0.15) is 10.4 Å². The molecule has 0 spiro atoms. The molecule has 0 saturated carbocycles. The minimum atomic E-state index is -2.28. The summed E-state index contributed by atoms with van der Waals surface area (Å²) in [5, 5.41) is 2.82. The number of hydrogen-bond donors (Lipinski definition) is 1. The van der Waals surface area contributed by atoms with E-state index < -0.39 is 40.6 Å². The van der Waals surface area contributed by atoms with Crippen LogP contribution in [0.25, 0.3) is 0 Å². The van der Waals surface area contributed by atoms with E-state index >= 15 is 0 Å². The summed E-state index contributed by atoms with van der Waals surface area (Å²) in [4.78, 5) is 12.8. The van der Waals surface area contributed by atoms with Crippen molar-refractivity contribution in [2.45, 2.75) is 6.04 Å². The summed E-state index contributed by atoms with van der Waals surface area (Å²) in [7, 11) is 1.24. The van der Waals surface area contributed by atoms with E-state index in [1.165, 1.54) is 7.05 Å². The SMILES string of the molecule is CN(C(=O)c1c(F)c(F)c(F)c(F)c1F)C1CNC1. The van der Waals surface area contributed by atoms with Crippen molar-refractivity contribution in [2.24, 2.45) is 0 Å². The maximum Gasteiger partial charge on any atom is 0.260 e. The molecule has 1 aromatic rings. The highest BCUT2D eigenvalue weighted by Gasteiger charge is 2.34. The van der Waals surface area contributed by atoms with E-state index in [1.54, 1.807) is 0 Å². The van der Waals surface area contributed by atoms with Crippen molar-refractivity contribution in [1.29, 1.82) is 0 Å². The molecule has 3 nitrogen and oxygen atoms in total. The van der Waals surface area contributed by atoms with E-state index in [9.17, 15) is 26.7 Å². The van der Waals surface area contributed by atoms with Crippen molar-refractivity contribution in [3.05, 3.63) is 34.6 Å². The number of carbonyl (C=O) groups is 1. The number of nitrogens with one attached hydrogen (secondary N) is 1. The van der Waals surface area contributed by atoms with Gasteiger partial charge in [0.15, 0.2) is 23.3 Å². The average molecular weight is 280 g/mol. The van der Waals surface area contributed by atoms with E-state index in [0.717, 1.165) is 4.90 Å². The van der Waals surface area contributed by atoms with Gasteiger partial charge in [0, 0.05) is 20.1 Å². The van der Waals surface area contributed by atoms with E-state index in [-0.39, 0.29) is 6.04 Å². The molecule has 19 heavy (non-hydrogen) atoms. The lowest BCUT2D eigenvalue weighted by molar-refractivity contribution is 0.0668. The Balaban J connectivity index is 2.47. The Hall–Kier alpha value is -1.70. The van der Waals surface area contributed by atoms with Gasteiger partial charge in [0.05, 0.1) is 6.04 Å². The number of amides is 1. The number of benzene rings is 1. The molecule has 1 aliphatic rings. The molecule has 0 atom stereocenters. The van der Waals surface area contributed by atoms with Crippen molar-refractivity contribution < 1.29 is 26.7 Å². The monoisotopic (exact) mass is 280 g/mol. The van der Waals surface area contributed by atoms with E-state index in [4.69, 9.17) is 0 Å². The summed E-state index contributed by atoms with van der Waals surface area (Å²) >= 11 is 0. The normalized spacial score (nSPS) is 15.3. The highest BCUT2D eigenvalue weighted by atomic mass is 19.2. The van der Waals surface area contributed by atoms with Gasteiger partial charge in [0.1, 0.15) is 5.56 Å². The Morgan fingerprint density at radius 2 is 1.42 bits per heavy atom. The van der Waals surface area contributed by atoms with Gasteiger partial charge in [0.2, 0.25) is 5.82 Å². The summed E-state index contributed by atoms with van der Waals surface area (Å²) in [5.41, 5.74) is -1.43. The van der Waals surface area contributed by atoms with Crippen LogP contribution in [0.2, 0.25) is 0 Å². The average Bonchev–Trinajstić information content (AvgIpc) is 2.32. The van der Waals surface area contributed by atoms with Crippen LogP contribution >= 0.6 is 0 Å². The summed E-state index contributed by atoms with van der Waals surface area (Å²) in [6.45, 7) is 0.801.